The molecule has 0 radical (unpaired) electrons. The van der Waals surface area contributed by atoms with E-state index in [1.54, 1.807) is 11.3 Å². The van der Waals surface area contributed by atoms with Crippen LogP contribution in [-0.2, 0) is 0 Å². The van der Waals surface area contributed by atoms with Crippen molar-refractivity contribution in [3.05, 3.63) is 36.1 Å². The Labute approximate surface area is 61.3 Å². The third-order valence-corrected chi connectivity index (χ3v) is 1.05. The van der Waals surface area contributed by atoms with Crippen molar-refractivity contribution in [1.82, 2.24) is 0 Å². The molecule has 2 heteroatoms. The van der Waals surface area contributed by atoms with Gasteiger partial charge in [0.2, 0.25) is 0 Å². The molecule has 0 saturated carbocycles. The van der Waals surface area contributed by atoms with E-state index in [1.807, 2.05) is 22.9 Å². The van der Waals surface area contributed by atoms with Crippen LogP contribution >= 0.6 is 24.8 Å². The molecule has 0 fully saturated rings. The fourth-order valence-corrected chi connectivity index (χ4v) is 0.680. The van der Waals surface area contributed by atoms with Crippen molar-refractivity contribution in [3.8, 4) is 0 Å². The molecule has 0 nitrogen and oxygen atoms in total. The minimum atomic E-state index is 0. The second-order valence-electron chi connectivity index (χ2n) is 0.793. The fraction of sp³-hybridized carbons (Fsp3) is 0. The minimum Gasteiger partial charge on any atom is -0.197 e. The fourth-order valence-electron chi connectivity index (χ4n) is 0.227. The van der Waals surface area contributed by atoms with E-state index in [0.29, 0.717) is 0 Å². The van der Waals surface area contributed by atoms with E-state index in [4.69, 9.17) is 0 Å². The van der Waals surface area contributed by atoms with Gasteiger partial charge in [-0.15, -0.1) is 13.2 Å². The Bertz CT molecular complexity index is 73.4. The average Bonchev–Trinajstić information content (AvgIpc) is 2.23. The topological polar surface area (TPSA) is 0 Å². The lowest BCUT2D eigenvalue weighted by molar-refractivity contribution is 2.03. The zero-order chi connectivity index (χ0) is 5.54. The van der Waals surface area contributed by atoms with Gasteiger partial charge in [0, 0.05) is 0 Å². The summed E-state index contributed by atoms with van der Waals surface area (Å²) in [5.41, 5.74) is 0. The molecule has 0 aromatic carbocycles. The summed E-state index contributed by atoms with van der Waals surface area (Å²) >= 11 is 1.71. The monoisotopic (exact) mass is 146 g/mol. The first-order valence-electron chi connectivity index (χ1n) is 1.97. The van der Waals surface area contributed by atoms with Crippen LogP contribution in [0.15, 0.2) is 36.1 Å². The van der Waals surface area contributed by atoms with Crippen molar-refractivity contribution in [2.45, 2.75) is 0 Å². The summed E-state index contributed by atoms with van der Waals surface area (Å²) in [6, 6.07) is 4.04. The van der Waals surface area contributed by atoms with Gasteiger partial charge in [-0.2, -0.15) is 24.8 Å². The van der Waals surface area contributed by atoms with Gasteiger partial charge in [-0.1, -0.05) is 12.1 Å². The van der Waals surface area contributed by atoms with Crippen LogP contribution in [-0.4, -0.2) is 0 Å². The Morgan fingerprint density at radius 2 is 1.38 bits per heavy atom. The highest BCUT2D eigenvalue weighted by atomic mass is 32.1. The molecule has 1 rings (SSSR count). The summed E-state index contributed by atoms with van der Waals surface area (Å²) in [4.78, 5) is 0. The van der Waals surface area contributed by atoms with Crippen LogP contribution in [0.25, 0.3) is 0 Å². The summed E-state index contributed by atoms with van der Waals surface area (Å²) < 4.78 is 0. The van der Waals surface area contributed by atoms with Crippen molar-refractivity contribution in [3.63, 3.8) is 0 Å². The van der Waals surface area contributed by atoms with Gasteiger partial charge in [0.15, 0.2) is 0 Å². The molecule has 1 aromatic rings. The standard InChI is InChI=1S/C4H4S.C2H4.H2S/c1-2-4-5-3-1;1-2;/h1-4H;1-2H2;1H2. The van der Waals surface area contributed by atoms with Crippen LogP contribution in [0.4, 0.5) is 0 Å². The molecular formula is C6H10S2. The zero-order valence-corrected chi connectivity index (χ0v) is 6.45. The van der Waals surface area contributed by atoms with E-state index in [1.165, 1.54) is 0 Å². The van der Waals surface area contributed by atoms with Gasteiger partial charge in [-0.25, -0.2) is 0 Å². The van der Waals surface area contributed by atoms with Gasteiger partial charge in [0.1, 0.15) is 0 Å². The normalized spacial score (nSPS) is 5.50. The van der Waals surface area contributed by atoms with E-state index in [2.05, 4.69) is 13.2 Å². The molecule has 0 saturated heterocycles. The lowest BCUT2D eigenvalue weighted by atomic mass is 10.7. The van der Waals surface area contributed by atoms with Crippen molar-refractivity contribution in [2.75, 3.05) is 0 Å². The van der Waals surface area contributed by atoms with Gasteiger partial charge in [0.25, 0.3) is 0 Å². The molecule has 0 aliphatic heterocycles. The van der Waals surface area contributed by atoms with Crippen LogP contribution in [0, 0.1) is 0 Å². The van der Waals surface area contributed by atoms with Crippen LogP contribution in [0.2, 0.25) is 0 Å². The maximum Gasteiger partial charge on any atom is -0.00934 e. The highest BCUT2D eigenvalue weighted by Crippen LogP contribution is 1.91. The number of thiophene rings is 1. The molecule has 0 unspecified atom stereocenters. The maximum atomic E-state index is 3.00. The number of rotatable bonds is 0. The molecule has 0 aliphatic carbocycles. The van der Waals surface area contributed by atoms with Crippen molar-refractivity contribution in [2.24, 2.45) is 0 Å². The Morgan fingerprint density at radius 3 is 1.50 bits per heavy atom. The van der Waals surface area contributed by atoms with Gasteiger partial charge in [-0.05, 0) is 10.8 Å². The molecule has 0 spiro atoms. The highest BCUT2D eigenvalue weighted by Gasteiger charge is 1.58. The predicted octanol–water partition coefficient (Wildman–Crippen LogP) is 2.66. The number of hydrogen-bond donors (Lipinski definition) is 0. The molecule has 0 N–H and O–H groups in total. The summed E-state index contributed by atoms with van der Waals surface area (Å²) in [5.74, 6) is 0. The molecule has 1 aromatic heterocycles. The Morgan fingerprint density at radius 1 is 1.00 bits per heavy atom. The van der Waals surface area contributed by atoms with E-state index >= 15 is 0 Å². The molecule has 1 heterocycles. The first-order chi connectivity index (χ1) is 3.50. The lowest BCUT2D eigenvalue weighted by Crippen LogP contribution is -1.16. The third kappa shape index (κ3) is 5.79. The van der Waals surface area contributed by atoms with Gasteiger partial charge >= 0.3 is 0 Å². The zero-order valence-electron chi connectivity index (χ0n) is 4.63. The maximum absolute atomic E-state index is 3.00. The summed E-state index contributed by atoms with van der Waals surface area (Å²) in [6.07, 6.45) is 0. The molecule has 46 valence electrons. The molecule has 8 heavy (non-hydrogen) atoms. The average molecular weight is 146 g/mol. The molecule has 0 bridgehead atoms. The Kier molecular flexibility index (Phi) is 13.3. The second kappa shape index (κ2) is 9.92. The van der Waals surface area contributed by atoms with Gasteiger partial charge in [0.05, 0.1) is 0 Å². The van der Waals surface area contributed by atoms with Crippen molar-refractivity contribution >= 4 is 24.8 Å². The van der Waals surface area contributed by atoms with E-state index in [9.17, 15) is 0 Å². The predicted molar refractivity (Wildman–Crippen MR) is 46.0 cm³/mol. The first kappa shape index (κ1) is 10.7. The summed E-state index contributed by atoms with van der Waals surface area (Å²) in [6.45, 7) is 6.00. The smallest absolute Gasteiger partial charge is 0.00934 e. The quantitative estimate of drug-likeness (QED) is 0.494. The molecule has 0 atom stereocenters. The molecule has 0 aliphatic rings. The number of hydrogen-bond acceptors (Lipinski definition) is 1. The van der Waals surface area contributed by atoms with Gasteiger partial charge in [-0.3, -0.25) is 0 Å². The van der Waals surface area contributed by atoms with Gasteiger partial charge < -0.3 is 0 Å². The van der Waals surface area contributed by atoms with Crippen LogP contribution in [0.3, 0.4) is 0 Å². The van der Waals surface area contributed by atoms with E-state index in [-0.39, 0.29) is 13.5 Å². The van der Waals surface area contributed by atoms with E-state index in [0.717, 1.165) is 0 Å². The second-order valence-corrected chi connectivity index (χ2v) is 1.61. The van der Waals surface area contributed by atoms with E-state index < -0.39 is 0 Å². The molecular weight excluding hydrogens is 136 g/mol. The first-order valence-corrected chi connectivity index (χ1v) is 2.91. The minimum absolute atomic E-state index is 0. The largest absolute Gasteiger partial charge is 0.197 e. The Hall–Kier alpha value is -0.210. The molecule has 0 amide bonds. The lowest BCUT2D eigenvalue weighted by Gasteiger charge is -1.39. The summed E-state index contributed by atoms with van der Waals surface area (Å²) in [7, 11) is 0. The van der Waals surface area contributed by atoms with Crippen LogP contribution < -0.4 is 0 Å². The van der Waals surface area contributed by atoms with Crippen LogP contribution in [0.1, 0.15) is 0 Å². The van der Waals surface area contributed by atoms with Crippen molar-refractivity contribution in [1.29, 1.82) is 0 Å². The highest BCUT2D eigenvalue weighted by molar-refractivity contribution is 7.59. The Balaban J connectivity index is 0. The van der Waals surface area contributed by atoms with Crippen molar-refractivity contribution < 1.29 is 0 Å². The SMILES string of the molecule is C=C.S.c1ccsc1. The third-order valence-electron chi connectivity index (χ3n) is 0.425. The summed E-state index contributed by atoms with van der Waals surface area (Å²) in [5, 5.41) is 4.08. The van der Waals surface area contributed by atoms with Crippen LogP contribution in [0.5, 0.6) is 0 Å².